The fourth-order valence-electron chi connectivity index (χ4n) is 21.4. The Labute approximate surface area is 451 Å². The van der Waals surface area contributed by atoms with Crippen molar-refractivity contribution in [1.82, 2.24) is 0 Å². The Bertz CT molecular complexity index is 2430. The third-order valence-electron chi connectivity index (χ3n) is 24.4. The molecule has 3 N–H and O–H groups in total. The van der Waals surface area contributed by atoms with Crippen LogP contribution in [0.3, 0.4) is 0 Å². The molecule has 8 aliphatic carbocycles. The van der Waals surface area contributed by atoms with Crippen molar-refractivity contribution in [3.05, 3.63) is 95.1 Å². The second-order valence-corrected chi connectivity index (χ2v) is 28.5. The summed E-state index contributed by atoms with van der Waals surface area (Å²) in [5, 5.41) is 40.9. The van der Waals surface area contributed by atoms with Crippen molar-refractivity contribution < 1.29 is 34.4 Å². The molecule has 9 aliphatic rings. The smallest absolute Gasteiger partial charge is 0.331 e. The summed E-state index contributed by atoms with van der Waals surface area (Å²) in [5.41, 5.74) is 3.24. The molecule has 0 aromatic heterocycles. The van der Waals surface area contributed by atoms with Gasteiger partial charge < -0.3 is 24.8 Å². The van der Waals surface area contributed by atoms with Gasteiger partial charge in [-0.05, 0) is 233 Å². The van der Waals surface area contributed by atoms with Crippen LogP contribution in [-0.4, -0.2) is 57.8 Å². The molecule has 1 heterocycles. The minimum Gasteiger partial charge on any atom is -0.462 e. The van der Waals surface area contributed by atoms with Crippen molar-refractivity contribution in [1.29, 1.82) is 0 Å². The molecule has 0 radical (unpaired) electrons. The predicted octanol–water partition coefficient (Wildman–Crippen LogP) is 14.2. The lowest BCUT2D eigenvalue weighted by molar-refractivity contribution is -0.329. The second-order valence-electron chi connectivity index (χ2n) is 28.5. The van der Waals surface area contributed by atoms with Gasteiger partial charge in [0.05, 0.1) is 23.2 Å². The van der Waals surface area contributed by atoms with E-state index in [9.17, 15) is 24.9 Å². The summed E-state index contributed by atoms with van der Waals surface area (Å²) in [7, 11) is 0. The number of allylic oxidation sites excluding steroid dienone is 2. The van der Waals surface area contributed by atoms with Crippen LogP contribution >= 0.6 is 0 Å². The van der Waals surface area contributed by atoms with Crippen molar-refractivity contribution in [2.75, 3.05) is 6.61 Å². The number of aryl methyl sites for hydroxylation is 2. The molecule has 2 aromatic rings. The van der Waals surface area contributed by atoms with Gasteiger partial charge in [0.15, 0.2) is 0 Å². The van der Waals surface area contributed by atoms with Crippen LogP contribution in [0, 0.1) is 86.3 Å². The van der Waals surface area contributed by atoms with E-state index in [0.29, 0.717) is 54.3 Å². The van der Waals surface area contributed by atoms with E-state index in [1.807, 2.05) is 5.57 Å². The summed E-state index contributed by atoms with van der Waals surface area (Å²) < 4.78 is 12.0. The van der Waals surface area contributed by atoms with Gasteiger partial charge in [0.1, 0.15) is 12.7 Å². The van der Waals surface area contributed by atoms with Gasteiger partial charge in [0.25, 0.3) is 0 Å². The molecule has 0 amide bonds. The maximum absolute atomic E-state index is 14.1. The standard InChI is InChI=1S/C68H96O7/c1-44(2)20-23-51-27-31-64-34-35-66(43-64)54(24-22-49-17-11-8-12-18-49)41-65-32-28-55(53(40-65)38-52(61(65)66)39-56(51)64)63(6)30-29-59(71)68(58(70)25-21-45(3)14-13-19-48-15-9-7-10-16-48)62(63)57(75-47(5)69)36-46(4)67(68,73)33-26-50-37-60(72)74-42-50/h7-12,15-18,37-38,44-46,51,53-59,61-62,70-71,73H,13-14,19-36,39-43H2,1-6H3. The number of hydrogen-bond acceptors (Lipinski definition) is 7. The summed E-state index contributed by atoms with van der Waals surface area (Å²) in [6.45, 7) is 13.4. The molecule has 1 aliphatic heterocycles. The maximum atomic E-state index is 14.1. The molecule has 7 saturated carbocycles. The molecule has 410 valence electrons. The monoisotopic (exact) mass is 1020 g/mol. The summed E-state index contributed by atoms with van der Waals surface area (Å²) in [5.74, 6) is 3.02. The average Bonchev–Trinajstić information content (AvgIpc) is 4.25. The van der Waals surface area contributed by atoms with Crippen molar-refractivity contribution in [2.45, 2.75) is 220 Å². The zero-order valence-corrected chi connectivity index (χ0v) is 47.1. The predicted molar refractivity (Wildman–Crippen MR) is 297 cm³/mol. The number of ether oxygens (including phenoxy) is 2. The van der Waals surface area contributed by atoms with Crippen LogP contribution < -0.4 is 0 Å². The van der Waals surface area contributed by atoms with Crippen LogP contribution in [0.4, 0.5) is 0 Å². The molecule has 18 unspecified atom stereocenters. The highest BCUT2D eigenvalue weighted by Gasteiger charge is 2.77. The van der Waals surface area contributed by atoms with E-state index >= 15 is 0 Å². The number of fused-ring (bicyclic) bond motifs is 2. The summed E-state index contributed by atoms with van der Waals surface area (Å²) in [6.07, 6.45) is 26.9. The first-order chi connectivity index (χ1) is 35.9. The van der Waals surface area contributed by atoms with Crippen LogP contribution in [0.5, 0.6) is 0 Å². The third kappa shape index (κ3) is 9.19. The van der Waals surface area contributed by atoms with E-state index in [2.05, 4.69) is 101 Å². The number of aliphatic hydroxyl groups is 3. The summed E-state index contributed by atoms with van der Waals surface area (Å²) in [4.78, 5) is 26.0. The van der Waals surface area contributed by atoms with Gasteiger partial charge >= 0.3 is 11.9 Å². The first-order valence-electron chi connectivity index (χ1n) is 30.9. The Balaban J connectivity index is 0.975. The highest BCUT2D eigenvalue weighted by Crippen LogP contribution is 2.81. The van der Waals surface area contributed by atoms with Crippen LogP contribution in [0.1, 0.15) is 194 Å². The first kappa shape index (κ1) is 53.7. The summed E-state index contributed by atoms with van der Waals surface area (Å²) >= 11 is 0. The lowest BCUT2D eigenvalue weighted by Gasteiger charge is -2.71. The fourth-order valence-corrected chi connectivity index (χ4v) is 21.4. The van der Waals surface area contributed by atoms with Crippen molar-refractivity contribution in [2.24, 2.45) is 86.3 Å². The number of aliphatic hydroxyl groups excluding tert-OH is 2. The zero-order valence-electron chi connectivity index (χ0n) is 47.1. The number of carbonyl (C=O) groups is 2. The molecule has 11 rings (SSSR count). The number of cyclic esters (lactones) is 1. The molecule has 0 saturated heterocycles. The van der Waals surface area contributed by atoms with Gasteiger partial charge in [-0.3, -0.25) is 4.79 Å². The lowest BCUT2D eigenvalue weighted by atomic mass is 9.36. The van der Waals surface area contributed by atoms with E-state index in [0.717, 1.165) is 74.2 Å². The van der Waals surface area contributed by atoms with E-state index in [1.165, 1.54) is 95.1 Å². The van der Waals surface area contributed by atoms with Gasteiger partial charge in [-0.25, -0.2) is 4.79 Å². The van der Waals surface area contributed by atoms with Crippen LogP contribution in [-0.2, 0) is 31.9 Å². The Kier molecular flexibility index (Phi) is 14.9. The highest BCUT2D eigenvalue weighted by molar-refractivity contribution is 5.85. The normalized spacial score (nSPS) is 42.2. The number of hydrogen-bond donors (Lipinski definition) is 3. The van der Waals surface area contributed by atoms with Gasteiger partial charge in [0, 0.05) is 18.9 Å². The van der Waals surface area contributed by atoms with Crippen LogP contribution in [0.2, 0.25) is 0 Å². The molecule has 3 spiro atoms. The molecule has 7 fully saturated rings. The minimum absolute atomic E-state index is 0.204. The summed E-state index contributed by atoms with van der Waals surface area (Å²) in [6, 6.07) is 22.0. The van der Waals surface area contributed by atoms with Crippen LogP contribution in [0.25, 0.3) is 0 Å². The van der Waals surface area contributed by atoms with E-state index in [-0.39, 0.29) is 36.3 Å². The van der Waals surface area contributed by atoms with Gasteiger partial charge in [0.2, 0.25) is 0 Å². The molecular weight excluding hydrogens is 929 g/mol. The van der Waals surface area contributed by atoms with E-state index in [4.69, 9.17) is 9.47 Å². The van der Waals surface area contributed by atoms with E-state index in [1.54, 1.807) is 6.08 Å². The molecule has 7 nitrogen and oxygen atoms in total. The fraction of sp³-hybridized carbons (Fsp3) is 0.735. The quantitative estimate of drug-likeness (QED) is 0.0949. The Morgan fingerprint density at radius 3 is 2.27 bits per heavy atom. The first-order valence-corrected chi connectivity index (χ1v) is 30.9. The Morgan fingerprint density at radius 2 is 1.56 bits per heavy atom. The number of carbonyl (C=O) groups excluding carboxylic acids is 2. The molecular formula is C68H96O7. The molecule has 7 heteroatoms. The Hall–Kier alpha value is -3.26. The maximum Gasteiger partial charge on any atom is 0.331 e. The SMILES string of the molecule is CC(=O)OC1CC(C)C(O)(CCC2=CC(=O)OC2)C2(C(O)CCC(C)CCCc3ccccc3)C(O)CCC(C)(C3CCC45CC3C=C3CC6C(CCC(C)C)CCC67CCC(C7)(C(CCc6ccccc6)C4)C35)C12. The zero-order chi connectivity index (χ0) is 52.5. The molecule has 2 aromatic carbocycles. The third-order valence-corrected chi connectivity index (χ3v) is 24.4. The lowest BCUT2D eigenvalue weighted by Crippen LogP contribution is -2.77. The molecule has 4 bridgehead atoms. The molecule has 75 heavy (non-hydrogen) atoms. The van der Waals surface area contributed by atoms with Crippen molar-refractivity contribution >= 4 is 11.9 Å². The van der Waals surface area contributed by atoms with Crippen molar-refractivity contribution in [3.8, 4) is 0 Å². The van der Waals surface area contributed by atoms with Crippen LogP contribution in [0.15, 0.2) is 84.0 Å². The highest BCUT2D eigenvalue weighted by atomic mass is 16.5. The van der Waals surface area contributed by atoms with Gasteiger partial charge in [-0.15, -0.1) is 0 Å². The largest absolute Gasteiger partial charge is 0.462 e. The topological polar surface area (TPSA) is 113 Å². The average molecular weight is 1030 g/mol. The van der Waals surface area contributed by atoms with Gasteiger partial charge in [-0.2, -0.15) is 0 Å². The van der Waals surface area contributed by atoms with Crippen molar-refractivity contribution in [3.63, 3.8) is 0 Å². The van der Waals surface area contributed by atoms with Gasteiger partial charge in [-0.1, -0.05) is 120 Å². The number of rotatable bonds is 19. The number of esters is 2. The second kappa shape index (κ2) is 20.8. The molecule has 18 atom stereocenters. The minimum atomic E-state index is -1.52. The Morgan fingerprint density at radius 1 is 0.827 bits per heavy atom. The van der Waals surface area contributed by atoms with E-state index < -0.39 is 46.6 Å². The number of benzene rings is 2.